The van der Waals surface area contributed by atoms with Crippen molar-refractivity contribution in [2.24, 2.45) is 0 Å². The summed E-state index contributed by atoms with van der Waals surface area (Å²) >= 11 is 0. The van der Waals surface area contributed by atoms with E-state index in [0.717, 1.165) is 49.1 Å². The van der Waals surface area contributed by atoms with Crippen LogP contribution in [0.3, 0.4) is 0 Å². The molecule has 9 heteroatoms. The van der Waals surface area contributed by atoms with Crippen LogP contribution in [0.4, 0.5) is 5.69 Å². The highest BCUT2D eigenvalue weighted by atomic mass is 16.2. The number of piperidine rings is 1. The quantitative estimate of drug-likeness (QED) is 0.537. The molecule has 5 rings (SSSR count). The summed E-state index contributed by atoms with van der Waals surface area (Å²) in [5, 5.41) is 14.7. The molecule has 1 aliphatic heterocycles. The number of anilines is 1. The molecule has 1 fully saturated rings. The summed E-state index contributed by atoms with van der Waals surface area (Å²) < 4.78 is 1.72. The molecule has 0 aromatic carbocycles. The number of hydrogen-bond acceptors (Lipinski definition) is 6. The van der Waals surface area contributed by atoms with Gasteiger partial charge in [-0.05, 0) is 43.5 Å². The number of nitrogens with zero attached hydrogens (tertiary/aromatic N) is 6. The Hall–Kier alpha value is -4.14. The highest BCUT2D eigenvalue weighted by molar-refractivity contribution is 6.04. The lowest BCUT2D eigenvalue weighted by Gasteiger charge is -2.26. The van der Waals surface area contributed by atoms with Gasteiger partial charge in [0.25, 0.3) is 11.8 Å². The van der Waals surface area contributed by atoms with Crippen molar-refractivity contribution in [2.75, 3.05) is 18.4 Å². The maximum atomic E-state index is 13.0. The first-order chi connectivity index (χ1) is 15.7. The van der Waals surface area contributed by atoms with Crippen molar-refractivity contribution in [3.05, 3.63) is 72.4 Å². The third-order valence-electron chi connectivity index (χ3n) is 5.55. The monoisotopic (exact) mass is 427 g/mol. The minimum atomic E-state index is -0.305. The Morgan fingerprint density at radius 3 is 2.62 bits per heavy atom. The van der Waals surface area contributed by atoms with Gasteiger partial charge in [-0.1, -0.05) is 6.07 Å². The third kappa shape index (κ3) is 3.80. The Balaban J connectivity index is 1.46. The van der Waals surface area contributed by atoms with Crippen LogP contribution in [0.2, 0.25) is 0 Å². The van der Waals surface area contributed by atoms with Gasteiger partial charge in [-0.15, -0.1) is 0 Å². The van der Waals surface area contributed by atoms with E-state index in [2.05, 4.69) is 25.6 Å². The molecule has 2 amide bonds. The van der Waals surface area contributed by atoms with Crippen LogP contribution in [-0.4, -0.2) is 54.6 Å². The van der Waals surface area contributed by atoms with Gasteiger partial charge in [-0.25, -0.2) is 4.52 Å². The number of hydrogen-bond donors (Lipinski definition) is 1. The molecule has 32 heavy (non-hydrogen) atoms. The Morgan fingerprint density at radius 2 is 1.81 bits per heavy atom. The second kappa shape index (κ2) is 8.54. The molecule has 4 aromatic rings. The minimum absolute atomic E-state index is 0.00839. The topological polar surface area (TPSA) is 105 Å². The van der Waals surface area contributed by atoms with Gasteiger partial charge in [-0.3, -0.25) is 14.6 Å². The Labute approximate surface area is 184 Å². The van der Waals surface area contributed by atoms with E-state index in [1.54, 1.807) is 29.0 Å². The van der Waals surface area contributed by atoms with Gasteiger partial charge in [0, 0.05) is 31.0 Å². The smallest absolute Gasteiger partial charge is 0.257 e. The SMILES string of the molecule is O=C(Nc1ccnnc1)c1cncc(-c2cccc3c(C(=O)N4CCCCC4)cnn23)c1. The summed E-state index contributed by atoms with van der Waals surface area (Å²) in [5.74, 6) is -0.296. The van der Waals surface area contributed by atoms with Gasteiger partial charge < -0.3 is 10.2 Å². The van der Waals surface area contributed by atoms with Crippen LogP contribution in [0, 0.1) is 0 Å². The molecule has 0 aliphatic carbocycles. The number of nitrogens with one attached hydrogen (secondary N) is 1. The van der Waals surface area contributed by atoms with Crippen molar-refractivity contribution in [1.29, 1.82) is 0 Å². The van der Waals surface area contributed by atoms with Crippen LogP contribution in [0.25, 0.3) is 16.8 Å². The fourth-order valence-corrected chi connectivity index (χ4v) is 3.93. The first-order valence-corrected chi connectivity index (χ1v) is 10.5. The second-order valence-electron chi connectivity index (χ2n) is 7.67. The average Bonchev–Trinajstić information content (AvgIpc) is 3.29. The summed E-state index contributed by atoms with van der Waals surface area (Å²) in [5.41, 5.74) is 3.72. The normalized spacial score (nSPS) is 13.8. The second-order valence-corrected chi connectivity index (χ2v) is 7.67. The van der Waals surface area contributed by atoms with E-state index < -0.39 is 0 Å². The van der Waals surface area contributed by atoms with Crippen LogP contribution in [0.15, 0.2) is 61.3 Å². The first-order valence-electron chi connectivity index (χ1n) is 10.5. The minimum Gasteiger partial charge on any atom is -0.339 e. The van der Waals surface area contributed by atoms with Crippen LogP contribution in [-0.2, 0) is 0 Å². The molecule has 1 saturated heterocycles. The maximum absolute atomic E-state index is 13.0. The van der Waals surface area contributed by atoms with Crippen molar-refractivity contribution < 1.29 is 9.59 Å². The lowest BCUT2D eigenvalue weighted by molar-refractivity contribution is 0.0726. The Bertz CT molecular complexity index is 1280. The van der Waals surface area contributed by atoms with Crippen molar-refractivity contribution in [3.63, 3.8) is 0 Å². The summed E-state index contributed by atoms with van der Waals surface area (Å²) in [6.07, 6.45) is 11.0. The van der Waals surface area contributed by atoms with Crippen molar-refractivity contribution in [2.45, 2.75) is 19.3 Å². The molecule has 0 radical (unpaired) electrons. The van der Waals surface area contributed by atoms with Gasteiger partial charge in [0.1, 0.15) is 0 Å². The highest BCUT2D eigenvalue weighted by Crippen LogP contribution is 2.24. The summed E-state index contributed by atoms with van der Waals surface area (Å²) in [6, 6.07) is 9.07. The molecule has 5 heterocycles. The number of rotatable bonds is 4. The van der Waals surface area contributed by atoms with Crippen LogP contribution in [0.5, 0.6) is 0 Å². The Morgan fingerprint density at radius 1 is 0.938 bits per heavy atom. The molecule has 0 bridgehead atoms. The summed E-state index contributed by atoms with van der Waals surface area (Å²) in [7, 11) is 0. The number of carbonyl (C=O) groups is 2. The van der Waals surface area contributed by atoms with Gasteiger partial charge in [0.15, 0.2) is 0 Å². The van der Waals surface area contributed by atoms with Gasteiger partial charge >= 0.3 is 0 Å². The van der Waals surface area contributed by atoms with Crippen molar-refractivity contribution in [3.8, 4) is 11.3 Å². The number of pyridine rings is 2. The number of fused-ring (bicyclic) bond motifs is 1. The molecule has 0 atom stereocenters. The zero-order valence-electron chi connectivity index (χ0n) is 17.3. The number of aromatic nitrogens is 5. The molecular weight excluding hydrogens is 406 g/mol. The molecule has 0 saturated carbocycles. The number of amides is 2. The van der Waals surface area contributed by atoms with E-state index in [1.807, 2.05) is 23.1 Å². The first kappa shape index (κ1) is 19.8. The van der Waals surface area contributed by atoms with Gasteiger partial charge in [0.2, 0.25) is 0 Å². The maximum Gasteiger partial charge on any atom is 0.257 e. The van der Waals surface area contributed by atoms with E-state index in [0.29, 0.717) is 16.8 Å². The summed E-state index contributed by atoms with van der Waals surface area (Å²) in [4.78, 5) is 31.8. The highest BCUT2D eigenvalue weighted by Gasteiger charge is 2.22. The molecule has 1 aliphatic rings. The number of likely N-dealkylation sites (tertiary alicyclic amines) is 1. The molecule has 0 spiro atoms. The van der Waals surface area contributed by atoms with E-state index >= 15 is 0 Å². The molecule has 0 unspecified atom stereocenters. The summed E-state index contributed by atoms with van der Waals surface area (Å²) in [6.45, 7) is 1.56. The van der Waals surface area contributed by atoms with Gasteiger partial charge in [-0.2, -0.15) is 15.3 Å². The fraction of sp³-hybridized carbons (Fsp3) is 0.217. The molecular formula is C23H21N7O2. The zero-order chi connectivity index (χ0) is 21.9. The molecule has 9 nitrogen and oxygen atoms in total. The average molecular weight is 427 g/mol. The lowest BCUT2D eigenvalue weighted by Crippen LogP contribution is -2.35. The van der Waals surface area contributed by atoms with E-state index in [-0.39, 0.29) is 11.8 Å². The predicted molar refractivity (Wildman–Crippen MR) is 118 cm³/mol. The van der Waals surface area contributed by atoms with Crippen molar-refractivity contribution >= 4 is 23.0 Å². The zero-order valence-corrected chi connectivity index (χ0v) is 17.3. The van der Waals surface area contributed by atoms with Crippen LogP contribution < -0.4 is 5.32 Å². The van der Waals surface area contributed by atoms with E-state index in [4.69, 9.17) is 0 Å². The van der Waals surface area contributed by atoms with Crippen LogP contribution in [0.1, 0.15) is 40.0 Å². The molecule has 1 N–H and O–H groups in total. The fourth-order valence-electron chi connectivity index (χ4n) is 3.93. The lowest BCUT2D eigenvalue weighted by atomic mass is 10.1. The van der Waals surface area contributed by atoms with Crippen molar-refractivity contribution in [1.82, 2.24) is 29.7 Å². The van der Waals surface area contributed by atoms with E-state index in [9.17, 15) is 9.59 Å². The predicted octanol–water partition coefficient (Wildman–Crippen LogP) is 3.06. The molecule has 4 aromatic heterocycles. The third-order valence-corrected chi connectivity index (χ3v) is 5.55. The van der Waals surface area contributed by atoms with E-state index in [1.165, 1.54) is 18.6 Å². The number of carbonyl (C=O) groups excluding carboxylic acids is 2. The standard InChI is InChI=1S/C23H21N7O2/c31-22(28-18-7-8-25-26-14-18)17-11-16(12-24-13-17)20-5-4-6-21-19(15-27-30(20)21)23(32)29-9-2-1-3-10-29/h4-8,11-15H,1-3,9-10H2,(H,25,28,31). The molecule has 160 valence electrons. The van der Waals surface area contributed by atoms with Crippen LogP contribution >= 0.6 is 0 Å². The largest absolute Gasteiger partial charge is 0.339 e. The Kier molecular flexibility index (Phi) is 5.29. The van der Waals surface area contributed by atoms with Gasteiger partial charge in [0.05, 0.1) is 46.6 Å².